The predicted molar refractivity (Wildman–Crippen MR) is 54.9 cm³/mol. The van der Waals surface area contributed by atoms with Gasteiger partial charge in [0.1, 0.15) is 6.10 Å². The lowest BCUT2D eigenvalue weighted by Gasteiger charge is -2.44. The molecule has 0 bridgehead atoms. The summed E-state index contributed by atoms with van der Waals surface area (Å²) in [5.41, 5.74) is -0.768. The highest BCUT2D eigenvalue weighted by molar-refractivity contribution is 5.24. The summed E-state index contributed by atoms with van der Waals surface area (Å²) >= 11 is 0. The van der Waals surface area contributed by atoms with Crippen LogP contribution in [0.3, 0.4) is 0 Å². The Labute approximate surface area is 92.9 Å². The van der Waals surface area contributed by atoms with Crippen molar-refractivity contribution in [3.05, 3.63) is 35.4 Å². The van der Waals surface area contributed by atoms with Gasteiger partial charge in [0.2, 0.25) is 0 Å². The molecule has 16 heavy (non-hydrogen) atoms. The smallest absolute Gasteiger partial charge is 0.164 e. The van der Waals surface area contributed by atoms with Crippen molar-refractivity contribution in [3.8, 4) is 0 Å². The van der Waals surface area contributed by atoms with Gasteiger partial charge in [-0.2, -0.15) is 0 Å². The zero-order chi connectivity index (χ0) is 11.8. The van der Waals surface area contributed by atoms with Crippen LogP contribution in [0.1, 0.15) is 30.9 Å². The van der Waals surface area contributed by atoms with E-state index in [-0.39, 0.29) is 5.56 Å². The number of ether oxygens (including phenoxy) is 1. The van der Waals surface area contributed by atoms with E-state index in [1.165, 1.54) is 19.2 Å². The van der Waals surface area contributed by atoms with Crippen molar-refractivity contribution in [2.75, 3.05) is 7.11 Å². The highest BCUT2D eigenvalue weighted by Gasteiger charge is 2.45. The van der Waals surface area contributed by atoms with E-state index in [9.17, 15) is 13.9 Å². The highest BCUT2D eigenvalue weighted by Crippen LogP contribution is 2.45. The second-order valence-electron chi connectivity index (χ2n) is 4.17. The number of hydrogen-bond acceptors (Lipinski definition) is 2. The molecule has 1 atom stereocenters. The molecule has 1 unspecified atom stereocenters. The molecular weight excluding hydrogens is 214 g/mol. The average Bonchev–Trinajstić information content (AvgIpc) is 2.21. The number of methoxy groups -OCH3 is 1. The zero-order valence-electron chi connectivity index (χ0n) is 9.04. The molecule has 1 aromatic rings. The molecule has 0 aliphatic heterocycles. The van der Waals surface area contributed by atoms with Gasteiger partial charge in [-0.05, 0) is 25.3 Å². The number of halogens is 2. The fourth-order valence-electron chi connectivity index (χ4n) is 2.13. The summed E-state index contributed by atoms with van der Waals surface area (Å²) in [4.78, 5) is 0. The lowest BCUT2D eigenvalue weighted by atomic mass is 9.73. The molecule has 1 saturated carbocycles. The molecule has 2 nitrogen and oxygen atoms in total. The second kappa shape index (κ2) is 4.11. The molecule has 1 fully saturated rings. The third-order valence-corrected chi connectivity index (χ3v) is 3.38. The van der Waals surface area contributed by atoms with Crippen LogP contribution in [0, 0.1) is 11.6 Å². The van der Waals surface area contributed by atoms with Crippen molar-refractivity contribution in [2.24, 2.45) is 0 Å². The maximum atomic E-state index is 13.5. The van der Waals surface area contributed by atoms with Gasteiger partial charge in [-0.15, -0.1) is 0 Å². The summed E-state index contributed by atoms with van der Waals surface area (Å²) in [5, 5.41) is 10.1. The van der Waals surface area contributed by atoms with E-state index < -0.39 is 23.3 Å². The molecule has 0 heterocycles. The van der Waals surface area contributed by atoms with Crippen molar-refractivity contribution >= 4 is 0 Å². The third-order valence-electron chi connectivity index (χ3n) is 3.38. The van der Waals surface area contributed by atoms with Gasteiger partial charge in [0.05, 0.1) is 5.60 Å². The molecule has 1 aliphatic carbocycles. The van der Waals surface area contributed by atoms with Crippen LogP contribution >= 0.6 is 0 Å². The van der Waals surface area contributed by atoms with Crippen LogP contribution in [0.2, 0.25) is 0 Å². The SMILES string of the molecule is COC1(C(O)c2cccc(F)c2F)CCC1. The van der Waals surface area contributed by atoms with Gasteiger partial charge in [0.15, 0.2) is 11.6 Å². The standard InChI is InChI=1S/C12H14F2O2/c1-16-12(6-3-7-12)11(15)8-4-2-5-9(13)10(8)14/h2,4-5,11,15H,3,6-7H2,1H3. The van der Waals surface area contributed by atoms with Crippen LogP contribution in [0.5, 0.6) is 0 Å². The molecule has 1 N–H and O–H groups in total. The highest BCUT2D eigenvalue weighted by atomic mass is 19.2. The first-order valence-electron chi connectivity index (χ1n) is 5.28. The fraction of sp³-hybridized carbons (Fsp3) is 0.500. The minimum atomic E-state index is -1.11. The average molecular weight is 228 g/mol. The second-order valence-corrected chi connectivity index (χ2v) is 4.17. The number of aliphatic hydroxyl groups is 1. The van der Waals surface area contributed by atoms with Crippen LogP contribution in [0.15, 0.2) is 18.2 Å². The van der Waals surface area contributed by atoms with Crippen LogP contribution in [0.4, 0.5) is 8.78 Å². The summed E-state index contributed by atoms with van der Waals surface area (Å²) in [7, 11) is 1.49. The fourth-order valence-corrected chi connectivity index (χ4v) is 2.13. The first-order valence-corrected chi connectivity index (χ1v) is 5.28. The van der Waals surface area contributed by atoms with Crippen LogP contribution < -0.4 is 0 Å². The van der Waals surface area contributed by atoms with Crippen molar-refractivity contribution in [1.82, 2.24) is 0 Å². The molecule has 88 valence electrons. The van der Waals surface area contributed by atoms with Gasteiger partial charge in [0.25, 0.3) is 0 Å². The first kappa shape index (κ1) is 11.5. The molecule has 0 radical (unpaired) electrons. The summed E-state index contributed by atoms with van der Waals surface area (Å²) in [6.45, 7) is 0. The molecule has 1 aliphatic rings. The van der Waals surface area contributed by atoms with Crippen LogP contribution in [0.25, 0.3) is 0 Å². The van der Waals surface area contributed by atoms with E-state index in [0.29, 0.717) is 12.8 Å². The molecule has 0 spiro atoms. The topological polar surface area (TPSA) is 29.5 Å². The van der Waals surface area contributed by atoms with Crippen LogP contribution in [-0.4, -0.2) is 17.8 Å². The number of aliphatic hydroxyl groups excluding tert-OH is 1. The number of rotatable bonds is 3. The molecule has 0 aromatic heterocycles. The largest absolute Gasteiger partial charge is 0.385 e. The lowest BCUT2D eigenvalue weighted by Crippen LogP contribution is -2.45. The van der Waals surface area contributed by atoms with Crippen molar-refractivity contribution in [3.63, 3.8) is 0 Å². The third kappa shape index (κ3) is 1.62. The Morgan fingerprint density at radius 1 is 1.38 bits per heavy atom. The molecule has 0 saturated heterocycles. The molecule has 4 heteroatoms. The van der Waals surface area contributed by atoms with Gasteiger partial charge in [-0.1, -0.05) is 12.1 Å². The van der Waals surface area contributed by atoms with Gasteiger partial charge < -0.3 is 9.84 Å². The Bertz CT molecular complexity index is 383. The summed E-state index contributed by atoms with van der Waals surface area (Å²) < 4.78 is 31.8. The molecule has 0 amide bonds. The first-order chi connectivity index (χ1) is 7.60. The van der Waals surface area contributed by atoms with E-state index >= 15 is 0 Å². The Morgan fingerprint density at radius 3 is 2.56 bits per heavy atom. The van der Waals surface area contributed by atoms with Gasteiger partial charge in [-0.25, -0.2) is 8.78 Å². The summed E-state index contributed by atoms with van der Waals surface area (Å²) in [5.74, 6) is -1.93. The molecule has 2 rings (SSSR count). The maximum Gasteiger partial charge on any atom is 0.164 e. The summed E-state index contributed by atoms with van der Waals surface area (Å²) in [6, 6.07) is 3.81. The molecular formula is C12H14F2O2. The predicted octanol–water partition coefficient (Wildman–Crippen LogP) is 2.57. The van der Waals surface area contributed by atoms with Crippen molar-refractivity contribution < 1.29 is 18.6 Å². The number of benzene rings is 1. The number of hydrogen-bond donors (Lipinski definition) is 1. The Morgan fingerprint density at radius 2 is 2.06 bits per heavy atom. The quantitative estimate of drug-likeness (QED) is 0.861. The van der Waals surface area contributed by atoms with Gasteiger partial charge in [0, 0.05) is 12.7 Å². The van der Waals surface area contributed by atoms with E-state index in [4.69, 9.17) is 4.74 Å². The Balaban J connectivity index is 2.33. The van der Waals surface area contributed by atoms with E-state index in [1.54, 1.807) is 0 Å². The van der Waals surface area contributed by atoms with E-state index in [2.05, 4.69) is 0 Å². The van der Waals surface area contributed by atoms with E-state index in [0.717, 1.165) is 12.5 Å². The minimum absolute atomic E-state index is 0.0263. The lowest BCUT2D eigenvalue weighted by molar-refractivity contribution is -0.152. The minimum Gasteiger partial charge on any atom is -0.385 e. The monoisotopic (exact) mass is 228 g/mol. The maximum absolute atomic E-state index is 13.5. The normalized spacial score (nSPS) is 20.2. The van der Waals surface area contributed by atoms with E-state index in [1.807, 2.05) is 0 Å². The van der Waals surface area contributed by atoms with Gasteiger partial charge in [-0.3, -0.25) is 0 Å². The Kier molecular flexibility index (Phi) is 2.95. The Hall–Kier alpha value is -1.00. The summed E-state index contributed by atoms with van der Waals surface area (Å²) in [6.07, 6.45) is 1.16. The van der Waals surface area contributed by atoms with Crippen molar-refractivity contribution in [1.29, 1.82) is 0 Å². The zero-order valence-corrected chi connectivity index (χ0v) is 9.04. The molecule has 1 aromatic carbocycles. The van der Waals surface area contributed by atoms with Gasteiger partial charge >= 0.3 is 0 Å². The van der Waals surface area contributed by atoms with Crippen molar-refractivity contribution in [2.45, 2.75) is 31.0 Å². The van der Waals surface area contributed by atoms with Crippen LogP contribution in [-0.2, 0) is 4.74 Å².